The molecule has 0 aliphatic carbocycles. The summed E-state index contributed by atoms with van der Waals surface area (Å²) >= 11 is 1.82. The quantitative estimate of drug-likeness (QED) is 0.677. The molecule has 1 saturated heterocycles. The summed E-state index contributed by atoms with van der Waals surface area (Å²) in [6, 6.07) is 4.33. The van der Waals surface area contributed by atoms with Gasteiger partial charge in [-0.3, -0.25) is 4.99 Å². The third-order valence-electron chi connectivity index (χ3n) is 3.55. The lowest BCUT2D eigenvalue weighted by Gasteiger charge is -2.25. The highest BCUT2D eigenvalue weighted by atomic mass is 32.1. The van der Waals surface area contributed by atoms with Crippen molar-refractivity contribution in [1.82, 2.24) is 10.2 Å². The largest absolute Gasteiger partial charge is 0.357 e. The Bertz CT molecular complexity index is 403. The number of hydrogen-bond donors (Lipinski definition) is 1. The van der Waals surface area contributed by atoms with Gasteiger partial charge < -0.3 is 10.2 Å². The van der Waals surface area contributed by atoms with Crippen LogP contribution in [0.25, 0.3) is 0 Å². The van der Waals surface area contributed by atoms with E-state index in [1.54, 1.807) is 0 Å². The van der Waals surface area contributed by atoms with Crippen LogP contribution in [0.5, 0.6) is 0 Å². The first-order valence-electron chi connectivity index (χ1n) is 7.21. The minimum atomic E-state index is 0.120. The van der Waals surface area contributed by atoms with Gasteiger partial charge in [-0.05, 0) is 31.2 Å². The second kappa shape index (κ2) is 6.42. The molecule has 1 N–H and O–H groups in total. The maximum Gasteiger partial charge on any atom is 0.193 e. The Kier molecular flexibility index (Phi) is 4.86. The van der Waals surface area contributed by atoms with Gasteiger partial charge in [0, 0.05) is 29.9 Å². The fourth-order valence-electron chi connectivity index (χ4n) is 2.37. The van der Waals surface area contributed by atoms with Gasteiger partial charge in [-0.1, -0.05) is 19.9 Å². The first kappa shape index (κ1) is 14.4. The Morgan fingerprint density at radius 2 is 2.16 bits per heavy atom. The van der Waals surface area contributed by atoms with Crippen molar-refractivity contribution in [3.8, 4) is 0 Å². The van der Waals surface area contributed by atoms with E-state index >= 15 is 0 Å². The Hall–Kier alpha value is -1.03. The molecule has 1 aromatic rings. The molecule has 4 heteroatoms. The number of guanidine groups is 1. The van der Waals surface area contributed by atoms with E-state index in [9.17, 15) is 0 Å². The van der Waals surface area contributed by atoms with Crippen LogP contribution in [0.1, 0.15) is 38.5 Å². The summed E-state index contributed by atoms with van der Waals surface area (Å²) in [5, 5.41) is 5.57. The zero-order chi connectivity index (χ0) is 13.7. The van der Waals surface area contributed by atoms with Crippen LogP contribution in [-0.2, 0) is 5.41 Å². The molecule has 2 heterocycles. The molecule has 0 atom stereocenters. The van der Waals surface area contributed by atoms with E-state index in [2.05, 4.69) is 48.5 Å². The molecule has 0 bridgehead atoms. The number of nitrogens with zero attached hydrogens (tertiary/aromatic N) is 2. The smallest absolute Gasteiger partial charge is 0.193 e. The van der Waals surface area contributed by atoms with Crippen molar-refractivity contribution in [3.63, 3.8) is 0 Å². The first-order chi connectivity index (χ1) is 9.13. The third-order valence-corrected chi connectivity index (χ3v) is 4.79. The number of nitrogens with one attached hydrogen (secondary N) is 1. The summed E-state index contributed by atoms with van der Waals surface area (Å²) in [6.07, 6.45) is 2.58. The van der Waals surface area contributed by atoms with Crippen molar-refractivity contribution in [1.29, 1.82) is 0 Å². The number of hydrogen-bond acceptors (Lipinski definition) is 2. The predicted octanol–water partition coefficient (Wildman–Crippen LogP) is 3.09. The highest BCUT2D eigenvalue weighted by Crippen LogP contribution is 2.27. The molecule has 0 spiro atoms. The lowest BCUT2D eigenvalue weighted by molar-refractivity contribution is 0.482. The Morgan fingerprint density at radius 1 is 1.42 bits per heavy atom. The summed E-state index contributed by atoms with van der Waals surface area (Å²) < 4.78 is 0. The van der Waals surface area contributed by atoms with Crippen LogP contribution in [0.15, 0.2) is 22.5 Å². The normalized spacial score (nSPS) is 17.0. The highest BCUT2D eigenvalue weighted by molar-refractivity contribution is 7.10. The molecule has 0 radical (unpaired) electrons. The van der Waals surface area contributed by atoms with Crippen molar-refractivity contribution in [2.45, 2.75) is 39.0 Å². The lowest BCUT2D eigenvalue weighted by Crippen LogP contribution is -2.40. The van der Waals surface area contributed by atoms with Gasteiger partial charge in [0.15, 0.2) is 5.96 Å². The van der Waals surface area contributed by atoms with Crippen LogP contribution in [0.2, 0.25) is 0 Å². The average molecular weight is 279 g/mol. The molecule has 0 amide bonds. The molecule has 106 valence electrons. The van der Waals surface area contributed by atoms with Crippen molar-refractivity contribution >= 4 is 17.3 Å². The molecule has 1 aliphatic rings. The molecule has 3 nitrogen and oxygen atoms in total. The number of rotatable bonds is 4. The summed E-state index contributed by atoms with van der Waals surface area (Å²) in [5.74, 6) is 1.09. The van der Waals surface area contributed by atoms with Crippen molar-refractivity contribution in [3.05, 3.63) is 22.4 Å². The van der Waals surface area contributed by atoms with Gasteiger partial charge in [-0.15, -0.1) is 11.3 Å². The van der Waals surface area contributed by atoms with Gasteiger partial charge in [0.1, 0.15) is 0 Å². The monoisotopic (exact) mass is 279 g/mol. The average Bonchev–Trinajstić information content (AvgIpc) is 3.05. The fourth-order valence-corrected chi connectivity index (χ4v) is 3.21. The topological polar surface area (TPSA) is 27.6 Å². The van der Waals surface area contributed by atoms with E-state index in [0.29, 0.717) is 0 Å². The molecule has 1 fully saturated rings. The van der Waals surface area contributed by atoms with E-state index in [-0.39, 0.29) is 5.41 Å². The van der Waals surface area contributed by atoms with Gasteiger partial charge in [0.05, 0.1) is 6.54 Å². The van der Waals surface area contributed by atoms with Crippen LogP contribution in [0, 0.1) is 0 Å². The molecule has 2 rings (SSSR count). The molecular weight excluding hydrogens is 254 g/mol. The second-order valence-electron chi connectivity index (χ2n) is 5.73. The van der Waals surface area contributed by atoms with Crippen LogP contribution < -0.4 is 5.32 Å². The molecule has 19 heavy (non-hydrogen) atoms. The number of thiophene rings is 1. The second-order valence-corrected chi connectivity index (χ2v) is 6.67. The standard InChI is InChI=1S/C15H25N3S/c1-4-16-14(18-9-5-6-10-18)17-12-15(2,3)13-8-7-11-19-13/h7-8,11H,4-6,9-10,12H2,1-3H3,(H,16,17). The molecule has 1 aromatic heterocycles. The molecular formula is C15H25N3S. The van der Waals surface area contributed by atoms with Crippen LogP contribution in [0.4, 0.5) is 0 Å². The Balaban J connectivity index is 2.04. The molecule has 1 aliphatic heterocycles. The van der Waals surface area contributed by atoms with E-state index in [1.165, 1.54) is 17.7 Å². The fraction of sp³-hybridized carbons (Fsp3) is 0.667. The van der Waals surface area contributed by atoms with Crippen LogP contribution in [0.3, 0.4) is 0 Å². The molecule has 0 unspecified atom stereocenters. The zero-order valence-electron chi connectivity index (χ0n) is 12.3. The van der Waals surface area contributed by atoms with Gasteiger partial charge in [-0.25, -0.2) is 0 Å². The predicted molar refractivity (Wildman–Crippen MR) is 84.1 cm³/mol. The molecule has 0 saturated carbocycles. The maximum atomic E-state index is 4.86. The van der Waals surface area contributed by atoms with Crippen LogP contribution >= 0.6 is 11.3 Å². The van der Waals surface area contributed by atoms with Gasteiger partial charge in [0.2, 0.25) is 0 Å². The summed E-state index contributed by atoms with van der Waals surface area (Å²) in [7, 11) is 0. The zero-order valence-corrected chi connectivity index (χ0v) is 13.1. The third kappa shape index (κ3) is 3.72. The van der Waals surface area contributed by atoms with E-state index in [0.717, 1.165) is 32.1 Å². The minimum absolute atomic E-state index is 0.120. The van der Waals surface area contributed by atoms with Gasteiger partial charge in [-0.2, -0.15) is 0 Å². The number of likely N-dealkylation sites (tertiary alicyclic amines) is 1. The van der Waals surface area contributed by atoms with E-state index in [4.69, 9.17) is 4.99 Å². The minimum Gasteiger partial charge on any atom is -0.357 e. The Morgan fingerprint density at radius 3 is 2.74 bits per heavy atom. The number of aliphatic imine (C=N–C) groups is 1. The highest BCUT2D eigenvalue weighted by Gasteiger charge is 2.23. The van der Waals surface area contributed by atoms with E-state index in [1.807, 2.05) is 11.3 Å². The van der Waals surface area contributed by atoms with Crippen molar-refractivity contribution < 1.29 is 0 Å². The summed E-state index contributed by atoms with van der Waals surface area (Å²) in [6.45, 7) is 10.7. The van der Waals surface area contributed by atoms with Gasteiger partial charge in [0.25, 0.3) is 0 Å². The van der Waals surface area contributed by atoms with Crippen molar-refractivity contribution in [2.24, 2.45) is 4.99 Å². The Labute approximate surface area is 120 Å². The maximum absolute atomic E-state index is 4.86. The summed E-state index contributed by atoms with van der Waals surface area (Å²) in [5.41, 5.74) is 0.120. The SMILES string of the molecule is CCNC(=NCC(C)(C)c1cccs1)N1CCCC1. The first-order valence-corrected chi connectivity index (χ1v) is 8.08. The van der Waals surface area contributed by atoms with E-state index < -0.39 is 0 Å². The van der Waals surface area contributed by atoms with Crippen molar-refractivity contribution in [2.75, 3.05) is 26.2 Å². The molecule has 0 aromatic carbocycles. The van der Waals surface area contributed by atoms with Crippen LogP contribution in [-0.4, -0.2) is 37.0 Å². The lowest BCUT2D eigenvalue weighted by atomic mass is 9.92. The summed E-state index contributed by atoms with van der Waals surface area (Å²) in [4.78, 5) is 8.65. The van der Waals surface area contributed by atoms with Gasteiger partial charge >= 0.3 is 0 Å².